The van der Waals surface area contributed by atoms with Gasteiger partial charge in [0.1, 0.15) is 11.4 Å². The lowest BCUT2D eigenvalue weighted by Crippen LogP contribution is -2.11. The van der Waals surface area contributed by atoms with Gasteiger partial charge in [-0.2, -0.15) is 0 Å². The highest BCUT2D eigenvalue weighted by Gasteiger charge is 2.18. The minimum atomic E-state index is -0.649. The van der Waals surface area contributed by atoms with E-state index in [9.17, 15) is 9.18 Å². The number of rotatable bonds is 2. The molecular formula is C9H7FN4O. The van der Waals surface area contributed by atoms with Gasteiger partial charge in [0.2, 0.25) is 5.78 Å². The van der Waals surface area contributed by atoms with E-state index in [1.165, 1.54) is 29.2 Å². The molecule has 0 radical (unpaired) electrons. The van der Waals surface area contributed by atoms with Gasteiger partial charge < -0.3 is 0 Å². The van der Waals surface area contributed by atoms with Crippen LogP contribution in [0.15, 0.2) is 24.5 Å². The summed E-state index contributed by atoms with van der Waals surface area (Å²) in [6.07, 6.45) is 2.64. The van der Waals surface area contributed by atoms with Crippen LogP contribution >= 0.6 is 0 Å². The van der Waals surface area contributed by atoms with Crippen LogP contribution in [0.3, 0.4) is 0 Å². The number of carbonyl (C=O) groups is 1. The van der Waals surface area contributed by atoms with Crippen molar-refractivity contribution < 1.29 is 9.18 Å². The second kappa shape index (κ2) is 3.56. The molecule has 0 spiro atoms. The maximum absolute atomic E-state index is 13.2. The van der Waals surface area contributed by atoms with E-state index in [4.69, 9.17) is 0 Å². The largest absolute Gasteiger partial charge is 0.285 e. The Morgan fingerprint density at radius 1 is 1.53 bits per heavy atom. The second-order valence-electron chi connectivity index (χ2n) is 2.91. The van der Waals surface area contributed by atoms with Crippen LogP contribution in [0.5, 0.6) is 0 Å². The lowest BCUT2D eigenvalue weighted by Gasteiger charge is -1.99. The first-order chi connectivity index (χ1) is 7.20. The van der Waals surface area contributed by atoms with Gasteiger partial charge in [-0.25, -0.2) is 14.1 Å². The van der Waals surface area contributed by atoms with Crippen LogP contribution in [-0.2, 0) is 7.05 Å². The van der Waals surface area contributed by atoms with Gasteiger partial charge in [0.25, 0.3) is 0 Å². The molecule has 15 heavy (non-hydrogen) atoms. The molecule has 0 aliphatic carbocycles. The summed E-state index contributed by atoms with van der Waals surface area (Å²) in [5, 5.41) is 7.13. The fourth-order valence-corrected chi connectivity index (χ4v) is 1.17. The van der Waals surface area contributed by atoms with Gasteiger partial charge in [-0.15, -0.1) is 5.10 Å². The number of ketones is 1. The lowest BCUT2D eigenvalue weighted by atomic mass is 10.2. The third-order valence-electron chi connectivity index (χ3n) is 1.92. The first-order valence-corrected chi connectivity index (χ1v) is 4.20. The fourth-order valence-electron chi connectivity index (χ4n) is 1.17. The molecule has 76 valence electrons. The van der Waals surface area contributed by atoms with Crippen molar-refractivity contribution in [3.05, 3.63) is 41.7 Å². The molecule has 2 aromatic heterocycles. The zero-order chi connectivity index (χ0) is 10.8. The number of nitrogens with zero attached hydrogens (tertiary/aromatic N) is 4. The zero-order valence-corrected chi connectivity index (χ0v) is 7.88. The number of carbonyl (C=O) groups excluding carboxylic acids is 1. The Morgan fingerprint density at radius 3 is 2.93 bits per heavy atom. The van der Waals surface area contributed by atoms with E-state index in [2.05, 4.69) is 15.3 Å². The Balaban J connectivity index is 2.46. The number of hydrogen-bond acceptors (Lipinski definition) is 4. The first-order valence-electron chi connectivity index (χ1n) is 4.20. The van der Waals surface area contributed by atoms with Gasteiger partial charge in [0.15, 0.2) is 5.82 Å². The highest BCUT2D eigenvalue weighted by atomic mass is 19.1. The molecule has 0 N–H and O–H groups in total. The number of halogens is 1. The summed E-state index contributed by atoms with van der Waals surface area (Å²) < 4.78 is 14.5. The summed E-state index contributed by atoms with van der Waals surface area (Å²) in [6, 6.07) is 2.61. The van der Waals surface area contributed by atoms with Crippen LogP contribution in [0.2, 0.25) is 0 Å². The molecule has 0 amide bonds. The Morgan fingerprint density at radius 2 is 2.33 bits per heavy atom. The van der Waals surface area contributed by atoms with Crippen LogP contribution in [0, 0.1) is 5.82 Å². The normalized spacial score (nSPS) is 10.3. The van der Waals surface area contributed by atoms with Gasteiger partial charge in [-0.1, -0.05) is 5.21 Å². The van der Waals surface area contributed by atoms with Crippen molar-refractivity contribution in [3.63, 3.8) is 0 Å². The van der Waals surface area contributed by atoms with Gasteiger partial charge in [-0.05, 0) is 12.1 Å². The molecule has 0 aliphatic heterocycles. The van der Waals surface area contributed by atoms with Crippen molar-refractivity contribution in [2.75, 3.05) is 0 Å². The molecule has 0 fully saturated rings. The van der Waals surface area contributed by atoms with E-state index in [-0.39, 0.29) is 11.4 Å². The molecule has 2 aromatic rings. The first kappa shape index (κ1) is 9.45. The molecule has 0 atom stereocenters. The van der Waals surface area contributed by atoms with Crippen LogP contribution in [0.25, 0.3) is 0 Å². The zero-order valence-electron chi connectivity index (χ0n) is 7.88. The van der Waals surface area contributed by atoms with Crippen molar-refractivity contribution in [1.82, 2.24) is 20.0 Å². The average Bonchev–Trinajstić information content (AvgIpc) is 2.64. The SMILES string of the molecule is Cn1nncc1C(=O)c1ncccc1F. The van der Waals surface area contributed by atoms with Crippen LogP contribution in [-0.4, -0.2) is 25.8 Å². The third-order valence-corrected chi connectivity index (χ3v) is 1.92. The standard InChI is InChI=1S/C9H7FN4O/c1-14-7(5-12-13-14)9(15)8-6(10)3-2-4-11-8/h2-5H,1H3. The predicted octanol–water partition coefficient (Wildman–Crippen LogP) is 0.580. The molecule has 0 aromatic carbocycles. The molecule has 0 saturated carbocycles. The Kier molecular flexibility index (Phi) is 2.24. The quantitative estimate of drug-likeness (QED) is 0.674. The van der Waals surface area contributed by atoms with Crippen molar-refractivity contribution >= 4 is 5.78 Å². The van der Waals surface area contributed by atoms with E-state index in [0.29, 0.717) is 0 Å². The Bertz CT molecular complexity index is 508. The number of aromatic nitrogens is 4. The fraction of sp³-hybridized carbons (Fsp3) is 0.111. The molecule has 0 unspecified atom stereocenters. The highest BCUT2D eigenvalue weighted by molar-refractivity contribution is 6.06. The Labute approximate surface area is 84.6 Å². The molecule has 5 nitrogen and oxygen atoms in total. The molecular weight excluding hydrogens is 199 g/mol. The molecule has 6 heteroatoms. The van der Waals surface area contributed by atoms with Crippen molar-refractivity contribution in [2.24, 2.45) is 7.05 Å². The highest BCUT2D eigenvalue weighted by Crippen LogP contribution is 2.08. The smallest absolute Gasteiger partial charge is 0.233 e. The number of hydrogen-bond donors (Lipinski definition) is 0. The van der Waals surface area contributed by atoms with Crippen molar-refractivity contribution in [1.29, 1.82) is 0 Å². The van der Waals surface area contributed by atoms with Crippen LogP contribution in [0.4, 0.5) is 4.39 Å². The topological polar surface area (TPSA) is 60.7 Å². The van der Waals surface area contributed by atoms with Gasteiger partial charge >= 0.3 is 0 Å². The molecule has 2 heterocycles. The lowest BCUT2D eigenvalue weighted by molar-refractivity contribution is 0.102. The summed E-state index contributed by atoms with van der Waals surface area (Å²) in [6.45, 7) is 0. The van der Waals surface area contributed by atoms with Crippen LogP contribution < -0.4 is 0 Å². The molecule has 0 saturated heterocycles. The van der Waals surface area contributed by atoms with E-state index >= 15 is 0 Å². The monoisotopic (exact) mass is 206 g/mol. The predicted molar refractivity (Wildman–Crippen MR) is 48.6 cm³/mol. The second-order valence-corrected chi connectivity index (χ2v) is 2.91. The summed E-state index contributed by atoms with van der Waals surface area (Å²) >= 11 is 0. The number of aryl methyl sites for hydroxylation is 1. The van der Waals surface area contributed by atoms with Gasteiger partial charge in [0, 0.05) is 13.2 Å². The van der Waals surface area contributed by atoms with E-state index < -0.39 is 11.6 Å². The molecule has 0 bridgehead atoms. The van der Waals surface area contributed by atoms with Crippen molar-refractivity contribution in [2.45, 2.75) is 0 Å². The van der Waals surface area contributed by atoms with E-state index in [1.54, 1.807) is 7.05 Å². The summed E-state index contributed by atoms with van der Waals surface area (Å²) in [5.41, 5.74) is -0.0181. The summed E-state index contributed by atoms with van der Waals surface area (Å²) in [4.78, 5) is 15.4. The summed E-state index contributed by atoms with van der Waals surface area (Å²) in [5.74, 6) is -1.18. The average molecular weight is 206 g/mol. The van der Waals surface area contributed by atoms with E-state index in [1.807, 2.05) is 0 Å². The molecule has 0 aliphatic rings. The third kappa shape index (κ3) is 1.61. The van der Waals surface area contributed by atoms with E-state index in [0.717, 1.165) is 0 Å². The minimum Gasteiger partial charge on any atom is -0.285 e. The maximum Gasteiger partial charge on any atom is 0.233 e. The minimum absolute atomic E-state index is 0.201. The molecule has 2 rings (SSSR count). The van der Waals surface area contributed by atoms with Crippen molar-refractivity contribution in [3.8, 4) is 0 Å². The Hall–Kier alpha value is -2.11. The summed E-state index contributed by atoms with van der Waals surface area (Å²) in [7, 11) is 1.56. The van der Waals surface area contributed by atoms with Gasteiger partial charge in [0.05, 0.1) is 6.20 Å². The van der Waals surface area contributed by atoms with Gasteiger partial charge in [-0.3, -0.25) is 4.79 Å². The van der Waals surface area contributed by atoms with Crippen LogP contribution in [0.1, 0.15) is 16.2 Å². The maximum atomic E-state index is 13.2. The number of pyridine rings is 1.